The van der Waals surface area contributed by atoms with Crippen molar-refractivity contribution >= 4 is 38.9 Å². The molecule has 0 aromatic heterocycles. The van der Waals surface area contributed by atoms with Crippen LogP contribution in [0.25, 0.3) is 0 Å². The largest absolute Gasteiger partial charge is 0.481 e. The molecule has 8 heteroatoms. The van der Waals surface area contributed by atoms with E-state index in [4.69, 9.17) is 27.9 Å². The van der Waals surface area contributed by atoms with Crippen LogP contribution in [-0.4, -0.2) is 49.4 Å². The van der Waals surface area contributed by atoms with E-state index in [0.717, 1.165) is 6.42 Å². The highest BCUT2D eigenvalue weighted by molar-refractivity contribution is 7.91. The molecule has 2 atom stereocenters. The van der Waals surface area contributed by atoms with Crippen molar-refractivity contribution in [3.63, 3.8) is 0 Å². The van der Waals surface area contributed by atoms with Gasteiger partial charge >= 0.3 is 0 Å². The molecule has 1 saturated heterocycles. The van der Waals surface area contributed by atoms with E-state index in [9.17, 15) is 13.2 Å². The summed E-state index contributed by atoms with van der Waals surface area (Å²) in [6.07, 6.45) is 0.493. The van der Waals surface area contributed by atoms with Crippen molar-refractivity contribution in [2.75, 3.05) is 18.1 Å². The Morgan fingerprint density at radius 1 is 1.38 bits per heavy atom. The van der Waals surface area contributed by atoms with Crippen molar-refractivity contribution in [2.24, 2.45) is 0 Å². The van der Waals surface area contributed by atoms with Crippen molar-refractivity contribution in [1.29, 1.82) is 0 Å². The molecule has 134 valence electrons. The first-order valence-electron chi connectivity index (χ1n) is 7.86. The molecule has 0 bridgehead atoms. The van der Waals surface area contributed by atoms with E-state index in [1.165, 1.54) is 0 Å². The summed E-state index contributed by atoms with van der Waals surface area (Å²) in [4.78, 5) is 14.4. The van der Waals surface area contributed by atoms with Gasteiger partial charge in [0.1, 0.15) is 5.75 Å². The molecule has 0 radical (unpaired) electrons. The fourth-order valence-corrected chi connectivity index (χ4v) is 4.79. The number of carbonyl (C=O) groups excluding carboxylic acids is 1. The summed E-state index contributed by atoms with van der Waals surface area (Å²) >= 11 is 11.8. The molecule has 24 heavy (non-hydrogen) atoms. The SMILES string of the molecule is CCCN(C(=O)C(C)Oc1ccc(Cl)c(Cl)c1)C1CCS(=O)(=O)C1. The van der Waals surface area contributed by atoms with Crippen LogP contribution in [0.3, 0.4) is 0 Å². The monoisotopic (exact) mass is 393 g/mol. The molecule has 1 heterocycles. The molecular weight excluding hydrogens is 373 g/mol. The van der Waals surface area contributed by atoms with Crippen molar-refractivity contribution in [2.45, 2.75) is 38.8 Å². The number of ether oxygens (including phenoxy) is 1. The van der Waals surface area contributed by atoms with E-state index >= 15 is 0 Å². The molecule has 2 unspecified atom stereocenters. The van der Waals surface area contributed by atoms with Crippen molar-refractivity contribution in [3.05, 3.63) is 28.2 Å². The number of carbonyl (C=O) groups is 1. The van der Waals surface area contributed by atoms with Gasteiger partial charge in [0.05, 0.1) is 21.6 Å². The lowest BCUT2D eigenvalue weighted by Crippen LogP contribution is -2.47. The van der Waals surface area contributed by atoms with Crippen LogP contribution < -0.4 is 4.74 Å². The molecule has 0 aliphatic carbocycles. The standard InChI is InChI=1S/C16H21Cl2NO4S/c1-3-7-19(12-6-8-24(21,22)10-12)16(20)11(2)23-13-4-5-14(17)15(18)9-13/h4-5,9,11-12H,3,6-8,10H2,1-2H3. The first-order chi connectivity index (χ1) is 11.2. The predicted octanol–water partition coefficient (Wildman–Crippen LogP) is 3.19. The number of benzene rings is 1. The summed E-state index contributed by atoms with van der Waals surface area (Å²) < 4.78 is 29.1. The van der Waals surface area contributed by atoms with Crippen LogP contribution >= 0.6 is 23.2 Å². The Morgan fingerprint density at radius 2 is 2.08 bits per heavy atom. The Kier molecular flexibility index (Phi) is 6.39. The van der Waals surface area contributed by atoms with E-state index in [0.29, 0.717) is 28.8 Å². The van der Waals surface area contributed by atoms with E-state index in [1.807, 2.05) is 6.92 Å². The lowest BCUT2D eigenvalue weighted by molar-refractivity contribution is -0.139. The summed E-state index contributed by atoms with van der Waals surface area (Å²) in [5.41, 5.74) is 0. The van der Waals surface area contributed by atoms with Gasteiger partial charge in [-0.05, 0) is 31.9 Å². The molecule has 1 aromatic carbocycles. The number of nitrogens with zero attached hydrogens (tertiary/aromatic N) is 1. The van der Waals surface area contributed by atoms with Gasteiger partial charge in [-0.25, -0.2) is 8.42 Å². The molecule has 0 saturated carbocycles. The first kappa shape index (κ1) is 19.3. The van der Waals surface area contributed by atoms with Gasteiger partial charge in [-0.1, -0.05) is 30.1 Å². The van der Waals surface area contributed by atoms with Gasteiger partial charge in [-0.2, -0.15) is 0 Å². The van der Waals surface area contributed by atoms with Gasteiger partial charge in [0.2, 0.25) is 0 Å². The maximum Gasteiger partial charge on any atom is 0.263 e. The maximum absolute atomic E-state index is 12.7. The zero-order valence-electron chi connectivity index (χ0n) is 13.7. The van der Waals surface area contributed by atoms with Gasteiger partial charge in [0.15, 0.2) is 15.9 Å². The van der Waals surface area contributed by atoms with Crippen LogP contribution in [0.1, 0.15) is 26.7 Å². The second-order valence-electron chi connectivity index (χ2n) is 5.92. The second-order valence-corrected chi connectivity index (χ2v) is 8.97. The minimum Gasteiger partial charge on any atom is -0.481 e. The molecule has 1 amide bonds. The average molecular weight is 394 g/mol. The van der Waals surface area contributed by atoms with E-state index in [-0.39, 0.29) is 23.5 Å². The summed E-state index contributed by atoms with van der Waals surface area (Å²) in [7, 11) is -3.05. The topological polar surface area (TPSA) is 63.7 Å². The first-order valence-corrected chi connectivity index (χ1v) is 10.4. The highest BCUT2D eigenvalue weighted by Crippen LogP contribution is 2.27. The van der Waals surface area contributed by atoms with Crippen LogP contribution in [-0.2, 0) is 14.6 Å². The molecular formula is C16H21Cl2NO4S. The predicted molar refractivity (Wildman–Crippen MR) is 95.6 cm³/mol. The summed E-state index contributed by atoms with van der Waals surface area (Å²) in [5.74, 6) is 0.386. The number of amides is 1. The van der Waals surface area contributed by atoms with E-state index in [2.05, 4.69) is 0 Å². The fourth-order valence-electron chi connectivity index (χ4n) is 2.77. The van der Waals surface area contributed by atoms with Gasteiger partial charge < -0.3 is 9.64 Å². The van der Waals surface area contributed by atoms with Crippen molar-refractivity contribution in [3.8, 4) is 5.75 Å². The second kappa shape index (κ2) is 7.93. The minimum absolute atomic E-state index is 0.0260. The molecule has 2 rings (SSSR count). The highest BCUT2D eigenvalue weighted by Gasteiger charge is 2.36. The van der Waals surface area contributed by atoms with Gasteiger partial charge in [0, 0.05) is 18.7 Å². The zero-order valence-corrected chi connectivity index (χ0v) is 16.0. The van der Waals surface area contributed by atoms with Crippen LogP contribution in [0.15, 0.2) is 18.2 Å². The number of hydrogen-bond acceptors (Lipinski definition) is 4. The third kappa shape index (κ3) is 4.77. The van der Waals surface area contributed by atoms with Crippen molar-refractivity contribution in [1.82, 2.24) is 4.90 Å². The quantitative estimate of drug-likeness (QED) is 0.744. The summed E-state index contributed by atoms with van der Waals surface area (Å²) in [6, 6.07) is 4.52. The molecule has 5 nitrogen and oxygen atoms in total. The van der Waals surface area contributed by atoms with E-state index < -0.39 is 15.9 Å². The molecule has 1 aliphatic heterocycles. The Balaban J connectivity index is 2.09. The van der Waals surface area contributed by atoms with Crippen LogP contribution in [0.5, 0.6) is 5.75 Å². The fraction of sp³-hybridized carbons (Fsp3) is 0.562. The maximum atomic E-state index is 12.7. The van der Waals surface area contributed by atoms with Crippen LogP contribution in [0, 0.1) is 0 Å². The Hall–Kier alpha value is -0.980. The Labute approximate surface area is 152 Å². The summed E-state index contributed by atoms with van der Waals surface area (Å²) in [5, 5.41) is 0.757. The third-order valence-corrected chi connectivity index (χ3v) is 6.44. The smallest absolute Gasteiger partial charge is 0.263 e. The van der Waals surface area contributed by atoms with E-state index in [1.54, 1.807) is 30.0 Å². The lowest BCUT2D eigenvalue weighted by Gasteiger charge is -2.30. The molecule has 0 N–H and O–H groups in total. The molecule has 1 fully saturated rings. The molecule has 1 aromatic rings. The Morgan fingerprint density at radius 3 is 2.62 bits per heavy atom. The zero-order chi connectivity index (χ0) is 17.9. The lowest BCUT2D eigenvalue weighted by atomic mass is 10.2. The van der Waals surface area contributed by atoms with Crippen LogP contribution in [0.2, 0.25) is 10.0 Å². The van der Waals surface area contributed by atoms with Gasteiger partial charge in [-0.15, -0.1) is 0 Å². The van der Waals surface area contributed by atoms with Gasteiger partial charge in [0.25, 0.3) is 5.91 Å². The third-order valence-electron chi connectivity index (χ3n) is 3.95. The van der Waals surface area contributed by atoms with Crippen LogP contribution in [0.4, 0.5) is 0 Å². The van der Waals surface area contributed by atoms with Crippen molar-refractivity contribution < 1.29 is 17.9 Å². The molecule has 1 aliphatic rings. The number of sulfone groups is 1. The van der Waals surface area contributed by atoms with Gasteiger partial charge in [-0.3, -0.25) is 4.79 Å². The number of hydrogen-bond donors (Lipinski definition) is 0. The Bertz CT molecular complexity index is 708. The minimum atomic E-state index is -3.05. The molecule has 0 spiro atoms. The normalized spacial score (nSPS) is 20.6. The highest BCUT2D eigenvalue weighted by atomic mass is 35.5. The summed E-state index contributed by atoms with van der Waals surface area (Å²) in [6.45, 7) is 4.11. The number of halogens is 2. The number of rotatable bonds is 6. The average Bonchev–Trinajstić information content (AvgIpc) is 2.87.